The van der Waals surface area contributed by atoms with E-state index in [0.29, 0.717) is 12.0 Å². The molecule has 0 bridgehead atoms. The van der Waals surface area contributed by atoms with Crippen LogP contribution in [0.4, 0.5) is 0 Å². The Balaban J connectivity index is 1.65. The second kappa shape index (κ2) is 13.5. The number of carbonyl (C=O) groups is 4. The minimum atomic E-state index is -0.779. The van der Waals surface area contributed by atoms with Crippen LogP contribution in [0.25, 0.3) is 0 Å². The molecule has 0 radical (unpaired) electrons. The first-order valence-corrected chi connectivity index (χ1v) is 13.7. The maximum absolute atomic E-state index is 13.0. The summed E-state index contributed by atoms with van der Waals surface area (Å²) in [6, 6.07) is 15.5. The highest BCUT2D eigenvalue weighted by Crippen LogP contribution is 2.54. The van der Waals surface area contributed by atoms with Crippen LogP contribution in [-0.4, -0.2) is 54.6 Å². The molecule has 1 N–H and O–H groups in total. The van der Waals surface area contributed by atoms with Gasteiger partial charge in [0.25, 0.3) is 5.91 Å². The summed E-state index contributed by atoms with van der Waals surface area (Å²) in [5.41, 5.74) is 2.09. The highest BCUT2D eigenvalue weighted by molar-refractivity contribution is 8.21. The van der Waals surface area contributed by atoms with Crippen LogP contribution >= 0.6 is 23.5 Å². The Bertz CT molecular complexity index is 1070. The number of benzene rings is 2. The van der Waals surface area contributed by atoms with Gasteiger partial charge in [0.1, 0.15) is 23.1 Å². The summed E-state index contributed by atoms with van der Waals surface area (Å²) in [5.74, 6) is -1.67. The van der Waals surface area contributed by atoms with Crippen LogP contribution in [-0.2, 0) is 35.2 Å². The molecule has 2 aromatic rings. The molecule has 3 unspecified atom stereocenters. The normalized spacial score (nSPS) is 19.6. The van der Waals surface area contributed by atoms with E-state index >= 15 is 0 Å². The number of nitrogens with one attached hydrogen (secondary N) is 1. The molecule has 3 rings (SSSR count). The molecule has 1 aliphatic heterocycles. The van der Waals surface area contributed by atoms with Crippen molar-refractivity contribution < 1.29 is 33.4 Å². The van der Waals surface area contributed by atoms with E-state index in [0.717, 1.165) is 11.1 Å². The van der Waals surface area contributed by atoms with Crippen molar-refractivity contribution in [2.75, 3.05) is 14.2 Å². The van der Waals surface area contributed by atoms with Crippen LogP contribution < -0.4 is 5.32 Å². The molecule has 198 valence electrons. The van der Waals surface area contributed by atoms with E-state index in [9.17, 15) is 19.2 Å². The molecule has 2 aromatic carbocycles. The molecule has 8 nitrogen and oxygen atoms in total. The number of hydrogen-bond donors (Lipinski definition) is 1. The maximum Gasteiger partial charge on any atom is 0.328 e. The summed E-state index contributed by atoms with van der Waals surface area (Å²) in [6.45, 7) is 4.08. The van der Waals surface area contributed by atoms with Crippen molar-refractivity contribution >= 4 is 47.3 Å². The van der Waals surface area contributed by atoms with Gasteiger partial charge in [0.2, 0.25) is 0 Å². The fraction of sp³-hybridized carbons (Fsp3) is 0.407. The van der Waals surface area contributed by atoms with Gasteiger partial charge in [-0.25, -0.2) is 4.79 Å². The Morgan fingerprint density at radius 3 is 1.95 bits per heavy atom. The number of amides is 1. The molecule has 0 aliphatic carbocycles. The van der Waals surface area contributed by atoms with Crippen molar-refractivity contribution in [1.29, 1.82) is 0 Å². The van der Waals surface area contributed by atoms with Crippen molar-refractivity contribution in [1.82, 2.24) is 5.32 Å². The van der Waals surface area contributed by atoms with Crippen molar-refractivity contribution in [2.45, 2.75) is 48.0 Å². The summed E-state index contributed by atoms with van der Waals surface area (Å²) >= 11 is 2.63. The Morgan fingerprint density at radius 2 is 1.43 bits per heavy atom. The standard InChI is InChI=1S/C27H31NO7S2/c1-16(2)14-20(24(30)35-15-17-8-6-5-7-9-17)28-23(29)18-10-12-19(13-11-18)27-36-21(25(31)33-3)22(37-27)26(32)34-4/h5-13,16,20-22,27H,14-15H2,1-4H3,(H,28,29). The molecule has 1 amide bonds. The predicted molar refractivity (Wildman–Crippen MR) is 143 cm³/mol. The van der Waals surface area contributed by atoms with Crippen molar-refractivity contribution in [3.8, 4) is 0 Å². The third-order valence-electron chi connectivity index (χ3n) is 5.65. The zero-order chi connectivity index (χ0) is 26.9. The van der Waals surface area contributed by atoms with E-state index in [1.165, 1.54) is 37.7 Å². The van der Waals surface area contributed by atoms with E-state index < -0.39 is 34.4 Å². The number of methoxy groups -OCH3 is 2. The van der Waals surface area contributed by atoms with Gasteiger partial charge in [0, 0.05) is 5.56 Å². The summed E-state index contributed by atoms with van der Waals surface area (Å²) < 4.78 is 14.9. The lowest BCUT2D eigenvalue weighted by atomic mass is 10.0. The summed E-state index contributed by atoms with van der Waals surface area (Å²) in [7, 11) is 2.57. The molecule has 0 saturated carbocycles. The third-order valence-corrected chi connectivity index (χ3v) is 9.04. The van der Waals surface area contributed by atoms with Gasteiger partial charge in [-0.15, -0.1) is 23.5 Å². The molecule has 1 aliphatic rings. The lowest BCUT2D eigenvalue weighted by Gasteiger charge is -2.20. The van der Waals surface area contributed by atoms with Gasteiger partial charge in [-0.3, -0.25) is 14.4 Å². The quantitative estimate of drug-likeness (QED) is 0.348. The Morgan fingerprint density at radius 1 is 0.865 bits per heavy atom. The second-order valence-electron chi connectivity index (χ2n) is 8.86. The molecule has 1 heterocycles. The molecule has 37 heavy (non-hydrogen) atoms. The number of hydrogen-bond acceptors (Lipinski definition) is 9. The Kier molecular flexibility index (Phi) is 10.5. The highest BCUT2D eigenvalue weighted by Gasteiger charge is 2.46. The largest absolute Gasteiger partial charge is 0.468 e. The van der Waals surface area contributed by atoms with Gasteiger partial charge < -0.3 is 19.5 Å². The monoisotopic (exact) mass is 545 g/mol. The molecule has 0 aromatic heterocycles. The lowest BCUT2D eigenvalue weighted by Crippen LogP contribution is -2.42. The molecule has 10 heteroatoms. The van der Waals surface area contributed by atoms with Gasteiger partial charge in [-0.1, -0.05) is 56.3 Å². The smallest absolute Gasteiger partial charge is 0.328 e. The SMILES string of the molecule is COC(=O)C1SC(c2ccc(C(=O)NC(CC(C)C)C(=O)OCc3ccccc3)cc2)SC1C(=O)OC. The fourth-order valence-electron chi connectivity index (χ4n) is 3.74. The predicted octanol–water partition coefficient (Wildman–Crippen LogP) is 4.14. The van der Waals surface area contributed by atoms with E-state index in [1.807, 2.05) is 44.2 Å². The van der Waals surface area contributed by atoms with Crippen LogP contribution in [0.1, 0.15) is 46.3 Å². The first-order valence-electron chi connectivity index (χ1n) is 11.8. The van der Waals surface area contributed by atoms with Gasteiger partial charge >= 0.3 is 17.9 Å². The third kappa shape index (κ3) is 7.75. The number of thioether (sulfide) groups is 2. The van der Waals surface area contributed by atoms with E-state index in [1.54, 1.807) is 24.3 Å². The van der Waals surface area contributed by atoms with Crippen LogP contribution in [0.15, 0.2) is 54.6 Å². The zero-order valence-corrected chi connectivity index (χ0v) is 22.8. The van der Waals surface area contributed by atoms with Crippen LogP contribution in [0, 0.1) is 5.92 Å². The lowest BCUT2D eigenvalue weighted by molar-refractivity contribution is -0.147. The average Bonchev–Trinajstić information content (AvgIpc) is 3.36. The minimum absolute atomic E-state index is 0.134. The summed E-state index contributed by atoms with van der Waals surface area (Å²) in [4.78, 5) is 50.0. The van der Waals surface area contributed by atoms with E-state index in [-0.39, 0.29) is 23.0 Å². The topological polar surface area (TPSA) is 108 Å². The van der Waals surface area contributed by atoms with Crippen LogP contribution in [0.3, 0.4) is 0 Å². The van der Waals surface area contributed by atoms with Crippen molar-refractivity contribution in [3.05, 3.63) is 71.3 Å². The van der Waals surface area contributed by atoms with Gasteiger partial charge in [-0.05, 0) is 35.6 Å². The second-order valence-corrected chi connectivity index (χ2v) is 11.7. The summed E-state index contributed by atoms with van der Waals surface area (Å²) in [5, 5.41) is 1.43. The van der Waals surface area contributed by atoms with Gasteiger partial charge in [0.05, 0.1) is 18.8 Å². The van der Waals surface area contributed by atoms with Crippen LogP contribution in [0.2, 0.25) is 0 Å². The fourth-order valence-corrected chi connectivity index (χ4v) is 7.18. The highest BCUT2D eigenvalue weighted by atomic mass is 32.2. The Hall–Kier alpha value is -2.98. The van der Waals surface area contributed by atoms with E-state index in [4.69, 9.17) is 14.2 Å². The van der Waals surface area contributed by atoms with E-state index in [2.05, 4.69) is 5.32 Å². The number of rotatable bonds is 10. The minimum Gasteiger partial charge on any atom is -0.468 e. The van der Waals surface area contributed by atoms with Gasteiger partial charge in [-0.2, -0.15) is 0 Å². The zero-order valence-electron chi connectivity index (χ0n) is 21.2. The number of carbonyl (C=O) groups excluding carboxylic acids is 4. The average molecular weight is 546 g/mol. The van der Waals surface area contributed by atoms with Crippen molar-refractivity contribution in [3.63, 3.8) is 0 Å². The molecular weight excluding hydrogens is 514 g/mol. The Labute approximate surface area is 225 Å². The molecule has 1 saturated heterocycles. The maximum atomic E-state index is 13.0. The first kappa shape index (κ1) is 28.6. The van der Waals surface area contributed by atoms with Crippen LogP contribution in [0.5, 0.6) is 0 Å². The number of ether oxygens (including phenoxy) is 3. The molecule has 3 atom stereocenters. The van der Waals surface area contributed by atoms with Gasteiger partial charge in [0.15, 0.2) is 0 Å². The van der Waals surface area contributed by atoms with Crippen molar-refractivity contribution in [2.24, 2.45) is 5.92 Å². The number of esters is 3. The molecule has 1 fully saturated rings. The molecule has 0 spiro atoms. The first-order chi connectivity index (χ1) is 17.7. The summed E-state index contributed by atoms with van der Waals surface area (Å²) in [6.07, 6.45) is 0.441. The molecular formula is C27H31NO7S2.